The summed E-state index contributed by atoms with van der Waals surface area (Å²) in [4.78, 5) is 0.919. The maximum absolute atomic E-state index is 6.34. The van der Waals surface area contributed by atoms with Crippen LogP contribution in [0.2, 0.25) is 0 Å². The molecule has 6 heteroatoms. The first-order valence-electron chi connectivity index (χ1n) is 5.52. The fourth-order valence-electron chi connectivity index (χ4n) is 1.63. The molecule has 1 unspecified atom stereocenters. The Morgan fingerprint density at radius 3 is 2.58 bits per heavy atom. The summed E-state index contributed by atoms with van der Waals surface area (Å²) in [5.41, 5.74) is 0.937. The van der Waals surface area contributed by atoms with Gasteiger partial charge < -0.3 is 4.42 Å². The molecule has 0 N–H and O–H groups in total. The van der Waals surface area contributed by atoms with Gasteiger partial charge in [-0.2, -0.15) is 0 Å². The number of hydrogen-bond acceptors (Lipinski definition) is 4. The molecule has 96 valence electrons. The Bertz CT molecular complexity index is 683. The van der Waals surface area contributed by atoms with Gasteiger partial charge in [-0.05, 0) is 33.6 Å². The minimum atomic E-state index is -0.425. The molecule has 0 aliphatic heterocycles. The Morgan fingerprint density at radius 2 is 1.89 bits per heavy atom. The quantitative estimate of drug-likeness (QED) is 0.628. The van der Waals surface area contributed by atoms with Crippen molar-refractivity contribution in [3.8, 4) is 10.8 Å². The zero-order valence-corrected chi connectivity index (χ0v) is 12.7. The van der Waals surface area contributed by atoms with Crippen LogP contribution in [0, 0.1) is 0 Å². The topological polar surface area (TPSA) is 38.9 Å². The number of nitrogens with zero attached hydrogens (tertiary/aromatic N) is 2. The zero-order valence-electron chi connectivity index (χ0n) is 9.59. The molecule has 0 bridgehead atoms. The van der Waals surface area contributed by atoms with Gasteiger partial charge in [-0.15, -0.1) is 33.1 Å². The SMILES string of the molecule is ClC(c1ccccc1)c1nnc(-c2ccc(Br)s2)o1. The summed E-state index contributed by atoms with van der Waals surface area (Å²) in [5.74, 6) is 0.902. The maximum atomic E-state index is 6.34. The van der Waals surface area contributed by atoms with Crippen molar-refractivity contribution in [1.82, 2.24) is 10.2 Å². The van der Waals surface area contributed by atoms with Crippen LogP contribution in [0.1, 0.15) is 16.8 Å². The molecular formula is C13H8BrClN2OS. The highest BCUT2D eigenvalue weighted by molar-refractivity contribution is 9.11. The Morgan fingerprint density at radius 1 is 1.11 bits per heavy atom. The fourth-order valence-corrected chi connectivity index (χ4v) is 3.17. The van der Waals surface area contributed by atoms with Gasteiger partial charge >= 0.3 is 0 Å². The van der Waals surface area contributed by atoms with Crippen LogP contribution in [0.15, 0.2) is 50.7 Å². The highest BCUT2D eigenvalue weighted by Gasteiger charge is 2.19. The lowest BCUT2D eigenvalue weighted by Crippen LogP contribution is -1.92. The van der Waals surface area contributed by atoms with E-state index in [-0.39, 0.29) is 0 Å². The zero-order chi connectivity index (χ0) is 13.2. The summed E-state index contributed by atoms with van der Waals surface area (Å²) < 4.78 is 6.66. The lowest BCUT2D eigenvalue weighted by molar-refractivity contribution is 0.514. The summed E-state index contributed by atoms with van der Waals surface area (Å²) in [6, 6.07) is 13.5. The number of thiophene rings is 1. The average molecular weight is 356 g/mol. The minimum Gasteiger partial charge on any atom is -0.418 e. The van der Waals surface area contributed by atoms with Crippen LogP contribution in [-0.2, 0) is 0 Å². The van der Waals surface area contributed by atoms with Crippen LogP contribution in [0.25, 0.3) is 10.8 Å². The normalized spacial score (nSPS) is 12.5. The van der Waals surface area contributed by atoms with Crippen molar-refractivity contribution in [2.24, 2.45) is 0 Å². The predicted octanol–water partition coefficient (Wildman–Crippen LogP) is 4.89. The van der Waals surface area contributed by atoms with E-state index in [9.17, 15) is 0 Å². The lowest BCUT2D eigenvalue weighted by atomic mass is 10.1. The Hall–Kier alpha value is -1.17. The van der Waals surface area contributed by atoms with E-state index in [1.807, 2.05) is 42.5 Å². The van der Waals surface area contributed by atoms with Crippen LogP contribution in [-0.4, -0.2) is 10.2 Å². The molecule has 0 amide bonds. The van der Waals surface area contributed by atoms with Crippen molar-refractivity contribution in [3.63, 3.8) is 0 Å². The second-order valence-electron chi connectivity index (χ2n) is 3.82. The molecule has 3 nitrogen and oxygen atoms in total. The maximum Gasteiger partial charge on any atom is 0.257 e. The van der Waals surface area contributed by atoms with Crippen molar-refractivity contribution >= 4 is 38.9 Å². The van der Waals surface area contributed by atoms with E-state index < -0.39 is 5.38 Å². The van der Waals surface area contributed by atoms with Crippen LogP contribution < -0.4 is 0 Å². The van der Waals surface area contributed by atoms with E-state index in [0.29, 0.717) is 11.8 Å². The molecule has 1 atom stereocenters. The van der Waals surface area contributed by atoms with Gasteiger partial charge in [0, 0.05) is 0 Å². The Kier molecular flexibility index (Phi) is 3.68. The Labute approximate surface area is 127 Å². The standard InChI is InChI=1S/C13H8BrClN2OS/c14-10-7-6-9(19-10)12-16-17-13(18-12)11(15)8-4-2-1-3-5-8/h1-7,11H. The largest absolute Gasteiger partial charge is 0.418 e. The van der Waals surface area contributed by atoms with Crippen molar-refractivity contribution in [1.29, 1.82) is 0 Å². The van der Waals surface area contributed by atoms with Gasteiger partial charge in [-0.1, -0.05) is 30.3 Å². The molecule has 0 fully saturated rings. The number of benzene rings is 1. The molecule has 2 heterocycles. The predicted molar refractivity (Wildman–Crippen MR) is 79.4 cm³/mol. The minimum absolute atomic E-state index is 0.410. The number of alkyl halides is 1. The third kappa shape index (κ3) is 2.73. The van der Waals surface area contributed by atoms with Gasteiger partial charge in [0.15, 0.2) is 0 Å². The summed E-state index contributed by atoms with van der Waals surface area (Å²) in [6.07, 6.45) is 0. The van der Waals surface area contributed by atoms with Crippen molar-refractivity contribution in [2.45, 2.75) is 5.38 Å². The molecule has 0 saturated carbocycles. The van der Waals surface area contributed by atoms with Crippen LogP contribution in [0.4, 0.5) is 0 Å². The molecule has 3 rings (SSSR count). The number of aromatic nitrogens is 2. The number of rotatable bonds is 3. The summed E-state index contributed by atoms with van der Waals surface area (Å²) in [6.45, 7) is 0. The van der Waals surface area contributed by atoms with Gasteiger partial charge in [0.05, 0.1) is 8.66 Å². The van der Waals surface area contributed by atoms with E-state index in [1.165, 1.54) is 11.3 Å². The monoisotopic (exact) mass is 354 g/mol. The summed E-state index contributed by atoms with van der Waals surface area (Å²) >= 11 is 11.3. The van der Waals surface area contributed by atoms with E-state index in [2.05, 4.69) is 26.1 Å². The van der Waals surface area contributed by atoms with E-state index in [0.717, 1.165) is 14.2 Å². The van der Waals surface area contributed by atoms with Gasteiger partial charge in [0.2, 0.25) is 5.89 Å². The third-order valence-electron chi connectivity index (χ3n) is 2.53. The molecule has 19 heavy (non-hydrogen) atoms. The molecule has 0 radical (unpaired) electrons. The first-order chi connectivity index (χ1) is 9.24. The highest BCUT2D eigenvalue weighted by Crippen LogP contribution is 2.33. The number of hydrogen-bond donors (Lipinski definition) is 0. The second kappa shape index (κ2) is 5.45. The number of halogens is 2. The molecule has 1 aromatic carbocycles. The third-order valence-corrected chi connectivity index (χ3v) is 4.58. The fraction of sp³-hybridized carbons (Fsp3) is 0.0769. The van der Waals surface area contributed by atoms with Crippen molar-refractivity contribution < 1.29 is 4.42 Å². The first-order valence-corrected chi connectivity index (χ1v) is 7.57. The van der Waals surface area contributed by atoms with Gasteiger partial charge in [0.25, 0.3) is 5.89 Å². The summed E-state index contributed by atoms with van der Waals surface area (Å²) in [7, 11) is 0. The smallest absolute Gasteiger partial charge is 0.257 e. The molecule has 0 spiro atoms. The van der Waals surface area contributed by atoms with Crippen LogP contribution in [0.3, 0.4) is 0 Å². The van der Waals surface area contributed by atoms with E-state index >= 15 is 0 Å². The Balaban J connectivity index is 1.89. The second-order valence-corrected chi connectivity index (χ2v) is 6.72. The van der Waals surface area contributed by atoms with Crippen LogP contribution >= 0.6 is 38.9 Å². The van der Waals surface area contributed by atoms with Crippen molar-refractivity contribution in [3.05, 3.63) is 57.7 Å². The molecule has 2 aromatic heterocycles. The molecular weight excluding hydrogens is 348 g/mol. The average Bonchev–Trinajstić information content (AvgIpc) is 3.07. The first kappa shape index (κ1) is 12.8. The highest BCUT2D eigenvalue weighted by atomic mass is 79.9. The molecule has 3 aromatic rings. The van der Waals surface area contributed by atoms with Gasteiger partial charge in [-0.3, -0.25) is 0 Å². The van der Waals surface area contributed by atoms with E-state index in [4.69, 9.17) is 16.0 Å². The van der Waals surface area contributed by atoms with E-state index in [1.54, 1.807) is 0 Å². The van der Waals surface area contributed by atoms with Gasteiger partial charge in [0.1, 0.15) is 5.38 Å². The summed E-state index contributed by atoms with van der Waals surface area (Å²) in [5, 5.41) is 7.63. The lowest BCUT2D eigenvalue weighted by Gasteiger charge is -2.03. The molecule has 0 aliphatic rings. The molecule has 0 saturated heterocycles. The van der Waals surface area contributed by atoms with Crippen LogP contribution in [0.5, 0.6) is 0 Å². The molecule has 0 aliphatic carbocycles. The van der Waals surface area contributed by atoms with Gasteiger partial charge in [-0.25, -0.2) is 0 Å². The van der Waals surface area contributed by atoms with Crippen molar-refractivity contribution in [2.75, 3.05) is 0 Å².